The SMILES string of the molecule is COC(=O)c1c(NC(=S)NC(=O)c2cc(-c3ccc(Cl)cc3)nc3ccccc23)sc2c1CCCCCC2. The molecule has 0 saturated carbocycles. The van der Waals surface area contributed by atoms with Crippen LogP contribution in [0.15, 0.2) is 54.6 Å². The van der Waals surface area contributed by atoms with Crippen LogP contribution in [0.25, 0.3) is 22.2 Å². The van der Waals surface area contributed by atoms with E-state index in [-0.39, 0.29) is 11.0 Å². The van der Waals surface area contributed by atoms with Crippen LogP contribution in [-0.2, 0) is 17.6 Å². The van der Waals surface area contributed by atoms with Gasteiger partial charge in [-0.15, -0.1) is 11.3 Å². The van der Waals surface area contributed by atoms with Crippen LogP contribution >= 0.6 is 35.2 Å². The van der Waals surface area contributed by atoms with Crippen LogP contribution in [0.3, 0.4) is 0 Å². The summed E-state index contributed by atoms with van der Waals surface area (Å²) in [4.78, 5) is 32.1. The number of hydrogen-bond donors (Lipinski definition) is 2. The first kappa shape index (κ1) is 26.3. The Kier molecular flexibility index (Phi) is 8.02. The minimum atomic E-state index is -0.396. The number of para-hydroxylation sites is 1. The largest absolute Gasteiger partial charge is 0.465 e. The number of amides is 1. The highest BCUT2D eigenvalue weighted by Crippen LogP contribution is 2.37. The minimum absolute atomic E-state index is 0.114. The zero-order valence-corrected chi connectivity index (χ0v) is 23.2. The molecule has 4 aromatic rings. The van der Waals surface area contributed by atoms with Crippen molar-refractivity contribution in [3.8, 4) is 11.3 Å². The van der Waals surface area contributed by atoms with E-state index in [4.69, 9.17) is 33.5 Å². The van der Waals surface area contributed by atoms with Crippen LogP contribution in [-0.4, -0.2) is 29.1 Å². The highest BCUT2D eigenvalue weighted by molar-refractivity contribution is 7.80. The molecule has 2 heterocycles. The molecule has 1 aliphatic rings. The Hall–Kier alpha value is -3.33. The molecule has 0 spiro atoms. The van der Waals surface area contributed by atoms with Gasteiger partial charge in [-0.25, -0.2) is 9.78 Å². The molecule has 0 aliphatic heterocycles. The monoisotopic (exact) mass is 563 g/mol. The number of benzene rings is 2. The molecule has 6 nitrogen and oxygen atoms in total. The topological polar surface area (TPSA) is 80.3 Å². The molecule has 5 rings (SSSR count). The van der Waals surface area contributed by atoms with Crippen LogP contribution < -0.4 is 10.6 Å². The number of fused-ring (bicyclic) bond motifs is 2. The molecule has 0 radical (unpaired) electrons. The lowest BCUT2D eigenvalue weighted by Gasteiger charge is -2.13. The number of carbonyl (C=O) groups is 2. The van der Waals surface area contributed by atoms with Gasteiger partial charge in [0.2, 0.25) is 0 Å². The number of carbonyl (C=O) groups excluding carboxylic acids is 2. The van der Waals surface area contributed by atoms with E-state index >= 15 is 0 Å². The molecule has 0 fully saturated rings. The zero-order chi connectivity index (χ0) is 26.6. The fourth-order valence-corrected chi connectivity index (χ4v) is 6.43. The third kappa shape index (κ3) is 5.57. The minimum Gasteiger partial charge on any atom is -0.465 e. The first-order chi connectivity index (χ1) is 18.4. The van der Waals surface area contributed by atoms with Gasteiger partial charge in [0.1, 0.15) is 5.00 Å². The fourth-order valence-electron chi connectivity index (χ4n) is 4.76. The molecule has 38 heavy (non-hydrogen) atoms. The van der Waals surface area contributed by atoms with Crippen LogP contribution in [0.4, 0.5) is 5.00 Å². The average molecular weight is 564 g/mol. The number of hydrogen-bond acceptors (Lipinski definition) is 6. The number of rotatable bonds is 4. The van der Waals surface area contributed by atoms with Crippen LogP contribution in [0.2, 0.25) is 5.02 Å². The van der Waals surface area contributed by atoms with E-state index in [1.54, 1.807) is 18.2 Å². The summed E-state index contributed by atoms with van der Waals surface area (Å²) in [6, 6.07) is 16.5. The highest BCUT2D eigenvalue weighted by Gasteiger charge is 2.26. The first-order valence-corrected chi connectivity index (χ1v) is 14.1. The molecule has 1 aliphatic carbocycles. The van der Waals surface area contributed by atoms with Crippen molar-refractivity contribution in [2.45, 2.75) is 38.5 Å². The number of aromatic nitrogens is 1. The Morgan fingerprint density at radius 3 is 2.53 bits per heavy atom. The summed E-state index contributed by atoms with van der Waals surface area (Å²) in [5.74, 6) is -0.765. The van der Waals surface area contributed by atoms with Crippen molar-refractivity contribution in [2.24, 2.45) is 0 Å². The molecule has 2 aromatic carbocycles. The van der Waals surface area contributed by atoms with Gasteiger partial charge in [-0.1, -0.05) is 54.8 Å². The van der Waals surface area contributed by atoms with Crippen LogP contribution in [0, 0.1) is 0 Å². The second-order valence-electron chi connectivity index (χ2n) is 9.10. The molecule has 0 saturated heterocycles. The summed E-state index contributed by atoms with van der Waals surface area (Å²) in [6.45, 7) is 0. The summed E-state index contributed by atoms with van der Waals surface area (Å²) in [6.07, 6.45) is 6.18. The van der Waals surface area contributed by atoms with Crippen molar-refractivity contribution < 1.29 is 14.3 Å². The van der Waals surface area contributed by atoms with E-state index in [1.165, 1.54) is 29.7 Å². The van der Waals surface area contributed by atoms with Crippen LogP contribution in [0.5, 0.6) is 0 Å². The van der Waals surface area contributed by atoms with Crippen molar-refractivity contribution in [1.29, 1.82) is 0 Å². The summed E-state index contributed by atoms with van der Waals surface area (Å²) in [7, 11) is 1.38. The number of nitrogens with one attached hydrogen (secondary N) is 2. The Balaban J connectivity index is 1.43. The van der Waals surface area contributed by atoms with Gasteiger partial charge in [0.15, 0.2) is 5.11 Å². The number of thiophene rings is 1. The Morgan fingerprint density at radius 1 is 1.03 bits per heavy atom. The molecule has 1 amide bonds. The summed E-state index contributed by atoms with van der Waals surface area (Å²) >= 11 is 13.1. The molecule has 2 aromatic heterocycles. The third-order valence-corrected chi connectivity index (χ3v) is 8.28. The quantitative estimate of drug-likeness (QED) is 0.202. The first-order valence-electron chi connectivity index (χ1n) is 12.5. The highest BCUT2D eigenvalue weighted by atomic mass is 35.5. The fraction of sp³-hybridized carbons (Fsp3) is 0.241. The number of esters is 1. The number of ether oxygens (including phenoxy) is 1. The Bertz CT molecular complexity index is 1530. The number of methoxy groups -OCH3 is 1. The predicted molar refractivity (Wildman–Crippen MR) is 157 cm³/mol. The van der Waals surface area contributed by atoms with E-state index in [0.29, 0.717) is 37.7 Å². The van der Waals surface area contributed by atoms with Gasteiger partial charge in [-0.05, 0) is 67.7 Å². The Labute approximate surface area is 235 Å². The number of pyridine rings is 1. The molecular formula is C29H26ClN3O3S2. The number of nitrogens with zero attached hydrogens (tertiary/aromatic N) is 1. The molecule has 0 unspecified atom stereocenters. The summed E-state index contributed by atoms with van der Waals surface area (Å²) < 4.78 is 5.10. The second-order valence-corrected chi connectivity index (χ2v) is 11.1. The second kappa shape index (κ2) is 11.6. The summed E-state index contributed by atoms with van der Waals surface area (Å²) in [5.41, 5.74) is 4.17. The van der Waals surface area contributed by atoms with Crippen molar-refractivity contribution >= 4 is 68.0 Å². The maximum absolute atomic E-state index is 13.5. The molecule has 0 bridgehead atoms. The maximum atomic E-state index is 13.5. The molecule has 194 valence electrons. The van der Waals surface area contributed by atoms with E-state index in [2.05, 4.69) is 10.6 Å². The van der Waals surface area contributed by atoms with Gasteiger partial charge in [-0.2, -0.15) is 0 Å². The summed E-state index contributed by atoms with van der Waals surface area (Å²) in [5, 5.41) is 7.96. The molecular weight excluding hydrogens is 538 g/mol. The van der Waals surface area contributed by atoms with E-state index in [9.17, 15) is 9.59 Å². The van der Waals surface area contributed by atoms with Crippen molar-refractivity contribution in [2.75, 3.05) is 12.4 Å². The van der Waals surface area contributed by atoms with Crippen molar-refractivity contribution in [1.82, 2.24) is 10.3 Å². The lowest BCUT2D eigenvalue weighted by molar-refractivity contribution is 0.0601. The van der Waals surface area contributed by atoms with Gasteiger partial charge in [0.25, 0.3) is 5.91 Å². The molecule has 2 N–H and O–H groups in total. The van der Waals surface area contributed by atoms with Crippen molar-refractivity contribution in [3.05, 3.63) is 81.2 Å². The standard InChI is InChI=1S/C29H26ClN3O3S2/c1-36-28(35)25-20-9-4-2-3-5-11-24(20)38-27(25)33-29(37)32-26(34)21-16-23(17-12-14-18(30)15-13-17)31-22-10-7-6-8-19(21)22/h6-8,10,12-16H,2-5,9,11H2,1H3,(H2,32,33,34,37). The van der Waals surface area contributed by atoms with Gasteiger partial charge in [-0.3, -0.25) is 10.1 Å². The number of thiocarbonyl (C=S) groups is 1. The van der Waals surface area contributed by atoms with E-state index in [0.717, 1.165) is 43.2 Å². The smallest absolute Gasteiger partial charge is 0.341 e. The lowest BCUT2D eigenvalue weighted by atomic mass is 9.96. The predicted octanol–water partition coefficient (Wildman–Crippen LogP) is 7.19. The van der Waals surface area contributed by atoms with Crippen molar-refractivity contribution in [3.63, 3.8) is 0 Å². The number of anilines is 1. The molecule has 0 atom stereocenters. The third-order valence-electron chi connectivity index (χ3n) is 6.62. The maximum Gasteiger partial charge on any atom is 0.341 e. The zero-order valence-electron chi connectivity index (χ0n) is 20.8. The van der Waals surface area contributed by atoms with E-state index < -0.39 is 5.97 Å². The number of aryl methyl sites for hydroxylation is 1. The van der Waals surface area contributed by atoms with Gasteiger partial charge in [0, 0.05) is 20.8 Å². The van der Waals surface area contributed by atoms with Crippen LogP contribution in [0.1, 0.15) is 56.8 Å². The normalized spacial score (nSPS) is 13.2. The van der Waals surface area contributed by atoms with E-state index in [1.807, 2.05) is 36.4 Å². The average Bonchev–Trinajstić information content (AvgIpc) is 3.23. The van der Waals surface area contributed by atoms with Gasteiger partial charge >= 0.3 is 5.97 Å². The molecule has 9 heteroatoms. The Morgan fingerprint density at radius 2 is 1.76 bits per heavy atom. The number of halogens is 1. The van der Waals surface area contributed by atoms with Gasteiger partial charge < -0.3 is 10.1 Å². The van der Waals surface area contributed by atoms with Gasteiger partial charge in [0.05, 0.1) is 29.4 Å². The lowest BCUT2D eigenvalue weighted by Crippen LogP contribution is -2.34.